The van der Waals surface area contributed by atoms with Gasteiger partial charge in [0.1, 0.15) is 0 Å². The summed E-state index contributed by atoms with van der Waals surface area (Å²) < 4.78 is 11.2. The first-order valence-electron chi connectivity index (χ1n) is 5.89. The Labute approximate surface area is 101 Å². The number of anilines is 1. The molecule has 0 amide bonds. The number of hydrogen-bond acceptors (Lipinski definition) is 5. The van der Waals surface area contributed by atoms with E-state index in [-0.39, 0.29) is 6.04 Å². The molecule has 0 fully saturated rings. The molecule has 1 aliphatic rings. The number of ether oxygens (including phenoxy) is 2. The van der Waals surface area contributed by atoms with Crippen molar-refractivity contribution in [2.45, 2.75) is 12.5 Å². The van der Waals surface area contributed by atoms with E-state index in [1.165, 1.54) is 0 Å². The van der Waals surface area contributed by atoms with Gasteiger partial charge in [0.05, 0.1) is 13.2 Å². The maximum atomic E-state index is 5.74. The molecule has 0 bridgehead atoms. The van der Waals surface area contributed by atoms with Crippen molar-refractivity contribution in [3.05, 3.63) is 18.2 Å². The number of nitrogens with one attached hydrogen (secondary N) is 1. The summed E-state index contributed by atoms with van der Waals surface area (Å²) in [6, 6.07) is 5.77. The molecule has 1 unspecified atom stereocenters. The fraction of sp³-hybridized carbons (Fsp3) is 0.500. The summed E-state index contributed by atoms with van der Waals surface area (Å²) in [5.41, 5.74) is 12.2. The van der Waals surface area contributed by atoms with E-state index in [9.17, 15) is 0 Å². The first kappa shape index (κ1) is 12.0. The minimum atomic E-state index is -0.0361. The zero-order valence-electron chi connectivity index (χ0n) is 9.82. The Morgan fingerprint density at radius 3 is 2.76 bits per heavy atom. The molecular weight excluding hydrogens is 218 g/mol. The molecule has 1 heterocycles. The summed E-state index contributed by atoms with van der Waals surface area (Å²) in [5.74, 6) is 1.59. The van der Waals surface area contributed by atoms with Crippen molar-refractivity contribution in [2.75, 3.05) is 31.6 Å². The molecule has 1 atom stereocenters. The van der Waals surface area contributed by atoms with Gasteiger partial charge in [-0.05, 0) is 12.1 Å². The lowest BCUT2D eigenvalue weighted by Crippen LogP contribution is -2.36. The van der Waals surface area contributed by atoms with Crippen molar-refractivity contribution in [3.63, 3.8) is 0 Å². The van der Waals surface area contributed by atoms with Gasteiger partial charge in [-0.25, -0.2) is 0 Å². The van der Waals surface area contributed by atoms with Crippen LogP contribution >= 0.6 is 0 Å². The third-order valence-electron chi connectivity index (χ3n) is 2.62. The first-order valence-corrected chi connectivity index (χ1v) is 5.89. The molecule has 0 aromatic heterocycles. The smallest absolute Gasteiger partial charge is 0.163 e. The molecule has 5 nitrogen and oxygen atoms in total. The van der Waals surface area contributed by atoms with Crippen LogP contribution in [-0.2, 0) is 0 Å². The van der Waals surface area contributed by atoms with E-state index in [1.807, 2.05) is 18.2 Å². The molecule has 5 heteroatoms. The van der Waals surface area contributed by atoms with Gasteiger partial charge in [-0.2, -0.15) is 0 Å². The van der Waals surface area contributed by atoms with Gasteiger partial charge in [0.25, 0.3) is 0 Å². The lowest BCUT2D eigenvalue weighted by atomic mass is 10.2. The Morgan fingerprint density at radius 1 is 1.24 bits per heavy atom. The van der Waals surface area contributed by atoms with Crippen LogP contribution in [0.15, 0.2) is 18.2 Å². The Kier molecular flexibility index (Phi) is 4.06. The average molecular weight is 237 g/mol. The van der Waals surface area contributed by atoms with Crippen LogP contribution in [-0.4, -0.2) is 32.3 Å². The molecule has 0 radical (unpaired) electrons. The van der Waals surface area contributed by atoms with E-state index in [0.29, 0.717) is 26.3 Å². The highest BCUT2D eigenvalue weighted by atomic mass is 16.5. The van der Waals surface area contributed by atoms with E-state index < -0.39 is 0 Å². The van der Waals surface area contributed by atoms with Crippen molar-refractivity contribution in [3.8, 4) is 11.5 Å². The van der Waals surface area contributed by atoms with E-state index in [1.54, 1.807) is 0 Å². The van der Waals surface area contributed by atoms with Gasteiger partial charge in [-0.1, -0.05) is 0 Å². The molecule has 94 valence electrons. The van der Waals surface area contributed by atoms with Crippen molar-refractivity contribution in [1.29, 1.82) is 0 Å². The minimum Gasteiger partial charge on any atom is -0.490 e. The van der Waals surface area contributed by atoms with Crippen LogP contribution in [0.5, 0.6) is 11.5 Å². The van der Waals surface area contributed by atoms with Gasteiger partial charge in [0, 0.05) is 37.3 Å². The molecule has 17 heavy (non-hydrogen) atoms. The third-order valence-corrected chi connectivity index (χ3v) is 2.62. The Hall–Kier alpha value is -1.46. The SMILES string of the molecule is NCC(N)CNc1ccc2c(c1)OCCCO2. The lowest BCUT2D eigenvalue weighted by molar-refractivity contribution is 0.297. The molecule has 0 saturated carbocycles. The zero-order chi connectivity index (χ0) is 12.1. The van der Waals surface area contributed by atoms with Crippen LogP contribution in [0.3, 0.4) is 0 Å². The largest absolute Gasteiger partial charge is 0.490 e. The third kappa shape index (κ3) is 3.25. The zero-order valence-corrected chi connectivity index (χ0v) is 9.82. The Morgan fingerprint density at radius 2 is 2.00 bits per heavy atom. The van der Waals surface area contributed by atoms with Crippen molar-refractivity contribution >= 4 is 5.69 Å². The van der Waals surface area contributed by atoms with Crippen LogP contribution in [0.2, 0.25) is 0 Å². The molecule has 5 N–H and O–H groups in total. The molecule has 1 aromatic carbocycles. The topological polar surface area (TPSA) is 82.5 Å². The molecule has 1 aromatic rings. The predicted octanol–water partition coefficient (Wildman–Crippen LogP) is 0.546. The number of fused-ring (bicyclic) bond motifs is 1. The number of benzene rings is 1. The van der Waals surface area contributed by atoms with Crippen LogP contribution in [0, 0.1) is 0 Å². The second kappa shape index (κ2) is 5.75. The number of rotatable bonds is 4. The van der Waals surface area contributed by atoms with Gasteiger partial charge in [0.15, 0.2) is 11.5 Å². The highest BCUT2D eigenvalue weighted by Crippen LogP contribution is 2.32. The number of hydrogen-bond donors (Lipinski definition) is 3. The molecule has 2 rings (SSSR count). The number of nitrogens with two attached hydrogens (primary N) is 2. The maximum Gasteiger partial charge on any atom is 0.163 e. The van der Waals surface area contributed by atoms with E-state index >= 15 is 0 Å². The average Bonchev–Trinajstić information content (AvgIpc) is 2.60. The summed E-state index contributed by atoms with van der Waals surface area (Å²) in [6.07, 6.45) is 0.912. The van der Waals surface area contributed by atoms with Gasteiger partial charge >= 0.3 is 0 Å². The first-order chi connectivity index (χ1) is 8.29. The normalized spacial score (nSPS) is 16.1. The van der Waals surface area contributed by atoms with Crippen LogP contribution in [0.25, 0.3) is 0 Å². The van der Waals surface area contributed by atoms with E-state index in [2.05, 4.69) is 5.32 Å². The summed E-state index contributed by atoms with van der Waals surface area (Å²) in [4.78, 5) is 0. The summed E-state index contributed by atoms with van der Waals surface area (Å²) in [7, 11) is 0. The molecular formula is C12H19N3O2. The predicted molar refractivity (Wildman–Crippen MR) is 67.6 cm³/mol. The van der Waals surface area contributed by atoms with Crippen LogP contribution < -0.4 is 26.3 Å². The Bertz CT molecular complexity index is 371. The highest BCUT2D eigenvalue weighted by Gasteiger charge is 2.10. The van der Waals surface area contributed by atoms with Gasteiger partial charge in [-0.3, -0.25) is 0 Å². The van der Waals surface area contributed by atoms with Crippen LogP contribution in [0.1, 0.15) is 6.42 Å². The lowest BCUT2D eigenvalue weighted by Gasteiger charge is -2.13. The minimum absolute atomic E-state index is 0.0361. The monoisotopic (exact) mass is 237 g/mol. The Balaban J connectivity index is 2.02. The standard InChI is InChI=1S/C12H19N3O2/c13-7-9(14)8-15-10-2-3-11-12(6-10)17-5-1-4-16-11/h2-3,6,9,15H,1,4-5,7-8,13-14H2. The van der Waals surface area contributed by atoms with E-state index in [0.717, 1.165) is 23.6 Å². The summed E-state index contributed by atoms with van der Waals surface area (Å²) in [6.45, 7) is 2.52. The van der Waals surface area contributed by atoms with Gasteiger partial charge in [-0.15, -0.1) is 0 Å². The van der Waals surface area contributed by atoms with E-state index in [4.69, 9.17) is 20.9 Å². The summed E-state index contributed by atoms with van der Waals surface area (Å²) in [5, 5.41) is 3.23. The second-order valence-corrected chi connectivity index (χ2v) is 4.09. The van der Waals surface area contributed by atoms with Crippen molar-refractivity contribution < 1.29 is 9.47 Å². The molecule has 0 saturated heterocycles. The van der Waals surface area contributed by atoms with Crippen molar-refractivity contribution in [1.82, 2.24) is 0 Å². The molecule has 0 aliphatic carbocycles. The van der Waals surface area contributed by atoms with Gasteiger partial charge < -0.3 is 26.3 Å². The quantitative estimate of drug-likeness (QED) is 0.712. The fourth-order valence-corrected chi connectivity index (χ4v) is 1.61. The van der Waals surface area contributed by atoms with Gasteiger partial charge in [0.2, 0.25) is 0 Å². The highest BCUT2D eigenvalue weighted by molar-refractivity contribution is 5.55. The molecule has 0 spiro atoms. The van der Waals surface area contributed by atoms with Crippen LogP contribution in [0.4, 0.5) is 5.69 Å². The molecule has 1 aliphatic heterocycles. The maximum absolute atomic E-state index is 5.74. The fourth-order valence-electron chi connectivity index (χ4n) is 1.61. The second-order valence-electron chi connectivity index (χ2n) is 4.09. The summed E-state index contributed by atoms with van der Waals surface area (Å²) >= 11 is 0. The van der Waals surface area contributed by atoms with Crippen molar-refractivity contribution in [2.24, 2.45) is 11.5 Å².